The summed E-state index contributed by atoms with van der Waals surface area (Å²) in [4.78, 5) is 15.7. The molecule has 1 aromatic rings. The van der Waals surface area contributed by atoms with E-state index in [9.17, 15) is 14.3 Å². The van der Waals surface area contributed by atoms with Crippen molar-refractivity contribution in [2.45, 2.75) is 32.3 Å². The molecule has 1 fully saturated rings. The van der Waals surface area contributed by atoms with Gasteiger partial charge in [-0.25, -0.2) is 4.39 Å². The molecule has 1 N–H and O–H groups in total. The maximum Gasteiger partial charge on any atom is 0.253 e. The summed E-state index contributed by atoms with van der Waals surface area (Å²) in [5.74, 6) is -0.650. The molecule has 0 saturated carbocycles. The van der Waals surface area contributed by atoms with Crippen molar-refractivity contribution < 1.29 is 14.3 Å². The summed E-state index contributed by atoms with van der Waals surface area (Å²) in [6.45, 7) is 5.19. The number of rotatable bonds is 4. The average Bonchev–Trinajstić information content (AvgIpc) is 2.89. The Morgan fingerprint density at radius 2 is 2.00 bits per heavy atom. The highest BCUT2D eigenvalue weighted by Gasteiger charge is 2.22. The molecule has 1 heterocycles. The number of anilines is 1. The molecule has 0 atom stereocenters. The number of amides is 1. The third kappa shape index (κ3) is 3.94. The molecule has 5 heteroatoms. The molecule has 0 aromatic heterocycles. The van der Waals surface area contributed by atoms with Crippen molar-refractivity contribution in [1.82, 2.24) is 4.90 Å². The van der Waals surface area contributed by atoms with Crippen molar-refractivity contribution >= 4 is 11.6 Å². The molecule has 0 unspecified atom stereocenters. The van der Waals surface area contributed by atoms with Crippen LogP contribution in [-0.4, -0.2) is 48.2 Å². The first kappa shape index (κ1) is 15.8. The van der Waals surface area contributed by atoms with Gasteiger partial charge in [0.25, 0.3) is 5.91 Å². The lowest BCUT2D eigenvalue weighted by atomic mass is 10.1. The number of benzene rings is 1. The number of hydrogen-bond acceptors (Lipinski definition) is 3. The second-order valence-corrected chi connectivity index (χ2v) is 6.33. The van der Waals surface area contributed by atoms with Gasteiger partial charge in [0.2, 0.25) is 0 Å². The Morgan fingerprint density at radius 1 is 1.38 bits per heavy atom. The van der Waals surface area contributed by atoms with Crippen LogP contribution in [0.3, 0.4) is 0 Å². The van der Waals surface area contributed by atoms with E-state index in [0.717, 1.165) is 25.9 Å². The summed E-state index contributed by atoms with van der Waals surface area (Å²) in [5, 5.41) is 9.75. The van der Waals surface area contributed by atoms with E-state index in [0.29, 0.717) is 11.3 Å². The maximum atomic E-state index is 14.2. The fraction of sp³-hybridized carbons (Fsp3) is 0.562. The first-order chi connectivity index (χ1) is 9.78. The van der Waals surface area contributed by atoms with E-state index in [4.69, 9.17) is 0 Å². The van der Waals surface area contributed by atoms with Crippen molar-refractivity contribution in [3.8, 4) is 0 Å². The fourth-order valence-electron chi connectivity index (χ4n) is 2.73. The number of carbonyl (C=O) groups excluding carboxylic acids is 1. The molecular formula is C16H23FN2O2. The Balaban J connectivity index is 2.13. The summed E-state index contributed by atoms with van der Waals surface area (Å²) in [5.41, 5.74) is -0.102. The summed E-state index contributed by atoms with van der Waals surface area (Å²) < 4.78 is 14.2. The Morgan fingerprint density at radius 3 is 2.52 bits per heavy atom. The van der Waals surface area contributed by atoms with E-state index in [1.807, 2.05) is 4.90 Å². The quantitative estimate of drug-likeness (QED) is 0.926. The van der Waals surface area contributed by atoms with Crippen molar-refractivity contribution in [1.29, 1.82) is 0 Å². The maximum absolute atomic E-state index is 14.2. The zero-order valence-corrected chi connectivity index (χ0v) is 12.9. The van der Waals surface area contributed by atoms with Gasteiger partial charge in [-0.1, -0.05) is 0 Å². The third-order valence-electron chi connectivity index (χ3n) is 3.61. The van der Waals surface area contributed by atoms with Gasteiger partial charge >= 0.3 is 0 Å². The van der Waals surface area contributed by atoms with Crippen molar-refractivity contribution in [2.24, 2.45) is 0 Å². The highest BCUT2D eigenvalue weighted by Crippen LogP contribution is 2.24. The average molecular weight is 294 g/mol. The van der Waals surface area contributed by atoms with E-state index in [1.54, 1.807) is 33.0 Å². The second kappa shape index (κ2) is 6.02. The number of hydrogen-bond donors (Lipinski definition) is 1. The molecule has 116 valence electrons. The van der Waals surface area contributed by atoms with E-state index < -0.39 is 5.60 Å². The number of aliphatic hydroxyl groups is 1. The number of likely N-dealkylation sites (N-methyl/N-ethyl adjacent to an activating group) is 1. The topological polar surface area (TPSA) is 43.8 Å². The number of carbonyl (C=O) groups is 1. The minimum Gasteiger partial charge on any atom is -0.389 e. The molecule has 4 nitrogen and oxygen atoms in total. The van der Waals surface area contributed by atoms with Crippen LogP contribution in [0.15, 0.2) is 18.2 Å². The summed E-state index contributed by atoms with van der Waals surface area (Å²) >= 11 is 0. The van der Waals surface area contributed by atoms with E-state index >= 15 is 0 Å². The van der Waals surface area contributed by atoms with Gasteiger partial charge in [0, 0.05) is 32.2 Å². The van der Waals surface area contributed by atoms with Crippen molar-refractivity contribution in [3.63, 3.8) is 0 Å². The molecule has 1 aromatic carbocycles. The molecule has 1 aliphatic heterocycles. The minimum atomic E-state index is -0.974. The normalized spacial score (nSPS) is 15.4. The van der Waals surface area contributed by atoms with Gasteiger partial charge in [0.15, 0.2) is 0 Å². The van der Waals surface area contributed by atoms with Gasteiger partial charge in [0.1, 0.15) is 5.82 Å². The minimum absolute atomic E-state index is 0.196. The first-order valence-corrected chi connectivity index (χ1v) is 7.30. The zero-order chi connectivity index (χ0) is 15.6. The van der Waals surface area contributed by atoms with Gasteiger partial charge in [-0.3, -0.25) is 4.79 Å². The molecule has 0 aliphatic carbocycles. The standard InChI is InChI=1S/C16H23FN2O2/c1-16(2,21)11-18(3)15(20)12-6-7-14(13(17)10-12)19-8-4-5-9-19/h6-7,10,21H,4-5,8-9,11H2,1-3H3. The molecule has 2 rings (SSSR count). The lowest BCUT2D eigenvalue weighted by Crippen LogP contribution is -2.39. The van der Waals surface area contributed by atoms with Gasteiger partial charge in [-0.2, -0.15) is 0 Å². The molecular weight excluding hydrogens is 271 g/mol. The molecule has 1 amide bonds. The van der Waals surface area contributed by atoms with E-state index in [2.05, 4.69) is 0 Å². The molecule has 0 radical (unpaired) electrons. The Labute approximate surface area is 125 Å². The fourth-order valence-corrected chi connectivity index (χ4v) is 2.73. The summed E-state index contributed by atoms with van der Waals surface area (Å²) in [7, 11) is 1.60. The lowest BCUT2D eigenvalue weighted by Gasteiger charge is -2.26. The number of nitrogens with zero attached hydrogens (tertiary/aromatic N) is 2. The predicted octanol–water partition coefficient (Wildman–Crippen LogP) is 2.27. The number of halogens is 1. The molecule has 1 saturated heterocycles. The highest BCUT2D eigenvalue weighted by atomic mass is 19.1. The molecule has 0 bridgehead atoms. The Bertz CT molecular complexity index is 519. The van der Waals surface area contributed by atoms with Gasteiger partial charge < -0.3 is 14.9 Å². The molecule has 1 aliphatic rings. The van der Waals surface area contributed by atoms with E-state index in [1.165, 1.54) is 11.0 Å². The van der Waals surface area contributed by atoms with Crippen LogP contribution >= 0.6 is 0 Å². The SMILES string of the molecule is CN(CC(C)(C)O)C(=O)c1ccc(N2CCCC2)c(F)c1. The van der Waals surface area contributed by atoms with Crippen LogP contribution in [0.1, 0.15) is 37.0 Å². The largest absolute Gasteiger partial charge is 0.389 e. The van der Waals surface area contributed by atoms with Gasteiger partial charge in [-0.15, -0.1) is 0 Å². The van der Waals surface area contributed by atoms with E-state index in [-0.39, 0.29) is 18.3 Å². The zero-order valence-electron chi connectivity index (χ0n) is 12.9. The van der Waals surface area contributed by atoms with Crippen LogP contribution in [0.5, 0.6) is 0 Å². The summed E-state index contributed by atoms with van der Waals surface area (Å²) in [6, 6.07) is 4.61. The lowest BCUT2D eigenvalue weighted by molar-refractivity contribution is 0.0367. The predicted molar refractivity (Wildman–Crippen MR) is 81.1 cm³/mol. The Kier molecular flexibility index (Phi) is 4.52. The van der Waals surface area contributed by atoms with Crippen LogP contribution in [0, 0.1) is 5.82 Å². The van der Waals surface area contributed by atoms with Crippen LogP contribution in [-0.2, 0) is 0 Å². The van der Waals surface area contributed by atoms with Crippen LogP contribution in [0.4, 0.5) is 10.1 Å². The Hall–Kier alpha value is -1.62. The van der Waals surface area contributed by atoms with Gasteiger partial charge in [-0.05, 0) is 44.9 Å². The monoisotopic (exact) mass is 294 g/mol. The molecule has 21 heavy (non-hydrogen) atoms. The summed E-state index contributed by atoms with van der Waals surface area (Å²) in [6.07, 6.45) is 2.16. The van der Waals surface area contributed by atoms with Crippen molar-refractivity contribution in [2.75, 3.05) is 31.6 Å². The second-order valence-electron chi connectivity index (χ2n) is 6.33. The smallest absolute Gasteiger partial charge is 0.253 e. The molecule has 0 spiro atoms. The van der Waals surface area contributed by atoms with Crippen LogP contribution < -0.4 is 4.90 Å². The first-order valence-electron chi connectivity index (χ1n) is 7.30. The highest BCUT2D eigenvalue weighted by molar-refractivity contribution is 5.94. The third-order valence-corrected chi connectivity index (χ3v) is 3.61. The van der Waals surface area contributed by atoms with Crippen LogP contribution in [0.2, 0.25) is 0 Å². The van der Waals surface area contributed by atoms with Gasteiger partial charge in [0.05, 0.1) is 11.3 Å². The van der Waals surface area contributed by atoms with Crippen LogP contribution in [0.25, 0.3) is 0 Å². The van der Waals surface area contributed by atoms with Crippen molar-refractivity contribution in [3.05, 3.63) is 29.6 Å².